The second-order valence-corrected chi connectivity index (χ2v) is 6.02. The molecule has 0 spiro atoms. The number of hydrogen-bond acceptors (Lipinski definition) is 3. The van der Waals surface area contributed by atoms with Crippen LogP contribution in [-0.4, -0.2) is 22.2 Å². The van der Waals surface area contributed by atoms with Crippen molar-refractivity contribution in [2.75, 3.05) is 5.32 Å². The Hall–Kier alpha value is -1.75. The molecule has 1 aromatic carbocycles. The summed E-state index contributed by atoms with van der Waals surface area (Å²) in [5.74, 6) is -1.55. The average Bonchev–Trinajstić information content (AvgIpc) is 2.92. The largest absolute Gasteiger partial charge is 0.478 e. The van der Waals surface area contributed by atoms with E-state index in [1.807, 2.05) is 24.3 Å². The van der Waals surface area contributed by atoms with Gasteiger partial charge < -0.3 is 10.4 Å². The smallest absolute Gasteiger partial charge is 0.328 e. The molecule has 106 valence electrons. The predicted molar refractivity (Wildman–Crippen MR) is 80.0 cm³/mol. The summed E-state index contributed by atoms with van der Waals surface area (Å²) < 4.78 is 0. The van der Waals surface area contributed by atoms with Crippen LogP contribution in [0.3, 0.4) is 0 Å². The van der Waals surface area contributed by atoms with Gasteiger partial charge in [-0.25, -0.2) is 4.79 Å². The highest BCUT2D eigenvalue weighted by molar-refractivity contribution is 8.00. The number of benzene rings is 1. The number of carbonyl (C=O) groups is 2. The topological polar surface area (TPSA) is 66.4 Å². The van der Waals surface area contributed by atoms with Crippen LogP contribution in [0.15, 0.2) is 41.3 Å². The molecule has 1 aromatic rings. The minimum atomic E-state index is -1.13. The molecule has 0 atom stereocenters. The fraction of sp³-hybridized carbons (Fsp3) is 0.333. The van der Waals surface area contributed by atoms with E-state index in [1.165, 1.54) is 25.7 Å². The van der Waals surface area contributed by atoms with Crippen LogP contribution in [0.4, 0.5) is 5.69 Å². The summed E-state index contributed by atoms with van der Waals surface area (Å²) in [6, 6.07) is 7.62. The van der Waals surface area contributed by atoms with Crippen molar-refractivity contribution in [3.8, 4) is 0 Å². The Labute approximate surface area is 122 Å². The zero-order valence-corrected chi connectivity index (χ0v) is 11.9. The van der Waals surface area contributed by atoms with Gasteiger partial charge in [-0.05, 0) is 25.0 Å². The summed E-state index contributed by atoms with van der Waals surface area (Å²) >= 11 is 1.79. The molecule has 0 saturated heterocycles. The van der Waals surface area contributed by atoms with Crippen LogP contribution in [0.5, 0.6) is 0 Å². The molecule has 1 aliphatic rings. The third-order valence-corrected chi connectivity index (χ3v) is 4.53. The van der Waals surface area contributed by atoms with Crippen molar-refractivity contribution in [2.45, 2.75) is 35.8 Å². The fourth-order valence-corrected chi connectivity index (χ4v) is 3.51. The summed E-state index contributed by atoms with van der Waals surface area (Å²) in [6.07, 6.45) is 6.83. The lowest BCUT2D eigenvalue weighted by atomic mass is 10.3. The van der Waals surface area contributed by atoms with Crippen LogP contribution in [0.1, 0.15) is 25.7 Å². The van der Waals surface area contributed by atoms with Crippen LogP contribution in [0.2, 0.25) is 0 Å². The number of thioether (sulfide) groups is 1. The molecule has 1 aliphatic carbocycles. The first-order valence-corrected chi connectivity index (χ1v) is 7.51. The number of rotatable bonds is 5. The van der Waals surface area contributed by atoms with E-state index < -0.39 is 11.9 Å². The van der Waals surface area contributed by atoms with Crippen molar-refractivity contribution < 1.29 is 14.7 Å². The minimum absolute atomic E-state index is 0.424. The second-order valence-electron chi connectivity index (χ2n) is 4.68. The van der Waals surface area contributed by atoms with E-state index in [-0.39, 0.29) is 0 Å². The van der Waals surface area contributed by atoms with E-state index in [0.29, 0.717) is 5.25 Å². The molecule has 0 aliphatic heterocycles. The number of anilines is 1. The lowest BCUT2D eigenvalue weighted by Crippen LogP contribution is -2.10. The second kappa shape index (κ2) is 7.14. The SMILES string of the molecule is O=C(O)/C=C/C(=O)Nc1ccccc1SC1CCCC1. The summed E-state index contributed by atoms with van der Waals surface area (Å²) in [6.45, 7) is 0. The Morgan fingerprint density at radius 1 is 1.20 bits per heavy atom. The van der Waals surface area contributed by atoms with Crippen molar-refractivity contribution in [3.05, 3.63) is 36.4 Å². The number of para-hydroxylation sites is 1. The first kappa shape index (κ1) is 14.7. The molecule has 1 amide bonds. The van der Waals surface area contributed by atoms with Gasteiger partial charge in [0.1, 0.15) is 0 Å². The highest BCUT2D eigenvalue weighted by Gasteiger charge is 2.17. The molecule has 20 heavy (non-hydrogen) atoms. The molecule has 0 unspecified atom stereocenters. The van der Waals surface area contributed by atoms with Crippen molar-refractivity contribution in [1.82, 2.24) is 0 Å². The lowest BCUT2D eigenvalue weighted by Gasteiger charge is -2.13. The Morgan fingerprint density at radius 3 is 2.60 bits per heavy atom. The Bertz CT molecular complexity index is 522. The van der Waals surface area contributed by atoms with Gasteiger partial charge in [-0.15, -0.1) is 11.8 Å². The zero-order chi connectivity index (χ0) is 14.4. The zero-order valence-electron chi connectivity index (χ0n) is 11.0. The molecule has 0 heterocycles. The highest BCUT2D eigenvalue weighted by atomic mass is 32.2. The highest BCUT2D eigenvalue weighted by Crippen LogP contribution is 2.37. The van der Waals surface area contributed by atoms with Crippen LogP contribution in [-0.2, 0) is 9.59 Å². The third-order valence-electron chi connectivity index (χ3n) is 3.12. The van der Waals surface area contributed by atoms with Crippen LogP contribution < -0.4 is 5.32 Å². The number of carboxylic acid groups (broad SMARTS) is 1. The Balaban J connectivity index is 2.03. The van der Waals surface area contributed by atoms with Crippen molar-refractivity contribution in [1.29, 1.82) is 0 Å². The Morgan fingerprint density at radius 2 is 1.90 bits per heavy atom. The number of amides is 1. The average molecular weight is 291 g/mol. The monoisotopic (exact) mass is 291 g/mol. The maximum absolute atomic E-state index is 11.6. The van der Waals surface area contributed by atoms with E-state index in [0.717, 1.165) is 22.7 Å². The van der Waals surface area contributed by atoms with Crippen molar-refractivity contribution >= 4 is 29.3 Å². The van der Waals surface area contributed by atoms with Gasteiger partial charge in [0.25, 0.3) is 0 Å². The van der Waals surface area contributed by atoms with Crippen LogP contribution in [0.25, 0.3) is 0 Å². The van der Waals surface area contributed by atoms with Gasteiger partial charge >= 0.3 is 5.97 Å². The molecule has 2 rings (SSSR count). The van der Waals surface area contributed by atoms with E-state index in [4.69, 9.17) is 5.11 Å². The normalized spacial score (nSPS) is 15.6. The summed E-state index contributed by atoms with van der Waals surface area (Å²) in [4.78, 5) is 23.1. The van der Waals surface area contributed by atoms with Gasteiger partial charge in [0.2, 0.25) is 5.91 Å². The van der Waals surface area contributed by atoms with Gasteiger partial charge in [-0.3, -0.25) is 4.79 Å². The quantitative estimate of drug-likeness (QED) is 0.817. The van der Waals surface area contributed by atoms with Crippen molar-refractivity contribution in [2.24, 2.45) is 0 Å². The summed E-state index contributed by atoms with van der Waals surface area (Å²) in [5, 5.41) is 11.8. The van der Waals surface area contributed by atoms with Crippen LogP contribution >= 0.6 is 11.8 Å². The number of carbonyl (C=O) groups excluding carboxylic acids is 1. The van der Waals surface area contributed by atoms with E-state index >= 15 is 0 Å². The first-order valence-electron chi connectivity index (χ1n) is 6.63. The lowest BCUT2D eigenvalue weighted by molar-refractivity contribution is -0.131. The van der Waals surface area contributed by atoms with Gasteiger partial charge in [0, 0.05) is 22.3 Å². The molecular formula is C15H17NO3S. The fourth-order valence-electron chi connectivity index (χ4n) is 2.18. The van der Waals surface area contributed by atoms with E-state index in [1.54, 1.807) is 11.8 Å². The Kier molecular flexibility index (Phi) is 5.24. The van der Waals surface area contributed by atoms with Gasteiger partial charge in [0.05, 0.1) is 5.69 Å². The predicted octanol–water partition coefficient (Wildman–Crippen LogP) is 3.30. The molecule has 1 fully saturated rings. The van der Waals surface area contributed by atoms with Crippen LogP contribution in [0, 0.1) is 0 Å². The molecule has 0 aromatic heterocycles. The molecule has 4 nitrogen and oxygen atoms in total. The molecule has 0 bridgehead atoms. The molecule has 5 heteroatoms. The van der Waals surface area contributed by atoms with Gasteiger partial charge in [0.15, 0.2) is 0 Å². The molecular weight excluding hydrogens is 274 g/mol. The number of aliphatic carboxylic acids is 1. The van der Waals surface area contributed by atoms with E-state index in [2.05, 4.69) is 5.32 Å². The maximum atomic E-state index is 11.6. The molecule has 2 N–H and O–H groups in total. The molecule has 1 saturated carbocycles. The summed E-state index contributed by atoms with van der Waals surface area (Å²) in [7, 11) is 0. The first-order chi connectivity index (χ1) is 9.65. The summed E-state index contributed by atoms with van der Waals surface area (Å²) in [5.41, 5.74) is 0.740. The van der Waals surface area contributed by atoms with E-state index in [9.17, 15) is 9.59 Å². The molecule has 0 radical (unpaired) electrons. The van der Waals surface area contributed by atoms with Gasteiger partial charge in [-0.2, -0.15) is 0 Å². The third kappa shape index (κ3) is 4.42. The minimum Gasteiger partial charge on any atom is -0.478 e. The van der Waals surface area contributed by atoms with Crippen molar-refractivity contribution in [3.63, 3.8) is 0 Å². The number of carboxylic acids is 1. The maximum Gasteiger partial charge on any atom is 0.328 e. The standard InChI is InChI=1S/C15H17NO3S/c17-14(9-10-15(18)19)16-12-7-3-4-8-13(12)20-11-5-1-2-6-11/h3-4,7-11H,1-2,5-6H2,(H,16,17)(H,18,19)/b10-9+. The van der Waals surface area contributed by atoms with Gasteiger partial charge in [-0.1, -0.05) is 25.0 Å². The number of nitrogens with one attached hydrogen (secondary N) is 1. The number of hydrogen-bond donors (Lipinski definition) is 2.